The van der Waals surface area contributed by atoms with E-state index in [-0.39, 0.29) is 12.1 Å². The predicted molar refractivity (Wildman–Crippen MR) is 154 cm³/mol. The number of nitrogens with two attached hydrogens (primary N) is 1. The van der Waals surface area contributed by atoms with Gasteiger partial charge in [-0.1, -0.05) is 23.7 Å². The Balaban J connectivity index is 1.67. The van der Waals surface area contributed by atoms with Gasteiger partial charge in [-0.05, 0) is 68.9 Å². The van der Waals surface area contributed by atoms with Gasteiger partial charge in [-0.2, -0.15) is 0 Å². The first-order valence-corrected chi connectivity index (χ1v) is 14.0. The van der Waals surface area contributed by atoms with Crippen LogP contribution in [0.15, 0.2) is 54.7 Å². The predicted octanol–water partition coefficient (Wildman–Crippen LogP) is 4.17. The number of nitrogens with one attached hydrogen (secondary N) is 1. The van der Waals surface area contributed by atoms with Gasteiger partial charge in [0, 0.05) is 28.8 Å². The van der Waals surface area contributed by atoms with E-state index in [1.54, 1.807) is 35.0 Å². The van der Waals surface area contributed by atoms with Crippen molar-refractivity contribution in [1.82, 2.24) is 4.57 Å². The van der Waals surface area contributed by atoms with Crippen LogP contribution >= 0.6 is 23.4 Å². The lowest BCUT2D eigenvalue weighted by atomic mass is 9.98. The number of hydrogen-bond donors (Lipinski definition) is 2. The van der Waals surface area contributed by atoms with Crippen LogP contribution in [-0.2, 0) is 14.3 Å². The number of hydrogen-bond acceptors (Lipinski definition) is 6. The summed E-state index contributed by atoms with van der Waals surface area (Å²) in [6.07, 6.45) is 1.85. The Morgan fingerprint density at radius 1 is 1.15 bits per heavy atom. The molecule has 1 aliphatic heterocycles. The number of para-hydroxylation sites is 1. The van der Waals surface area contributed by atoms with Crippen molar-refractivity contribution in [3.05, 3.63) is 76.6 Å². The van der Waals surface area contributed by atoms with Gasteiger partial charge in [-0.25, -0.2) is 0 Å². The van der Waals surface area contributed by atoms with Crippen LogP contribution in [0.4, 0.5) is 0 Å². The molecular formula is C29H35ClN3O5S+. The molecule has 0 saturated carbocycles. The van der Waals surface area contributed by atoms with E-state index in [9.17, 15) is 4.79 Å². The molecular weight excluding hydrogens is 538 g/mol. The third kappa shape index (κ3) is 6.21. The number of carbonyl (C=O) groups is 1. The third-order valence-electron chi connectivity index (χ3n) is 6.50. The molecule has 1 aliphatic rings. The van der Waals surface area contributed by atoms with E-state index in [0.717, 1.165) is 22.5 Å². The van der Waals surface area contributed by atoms with Crippen LogP contribution in [0.2, 0.25) is 5.02 Å². The average molecular weight is 573 g/mol. The van der Waals surface area contributed by atoms with Gasteiger partial charge in [0.1, 0.15) is 17.0 Å². The Morgan fingerprint density at radius 3 is 2.67 bits per heavy atom. The molecule has 10 heteroatoms. The van der Waals surface area contributed by atoms with Gasteiger partial charge in [0.15, 0.2) is 11.5 Å². The summed E-state index contributed by atoms with van der Waals surface area (Å²) in [5.74, 6) is 0.915. The first kappa shape index (κ1) is 28.9. The summed E-state index contributed by atoms with van der Waals surface area (Å²) in [7, 11) is 3.23. The Hall–Kier alpha value is -3.14. The summed E-state index contributed by atoms with van der Waals surface area (Å²) in [5.41, 5.74) is 9.99. The number of carbonyl (C=O) groups excluding carboxylic acids is 1. The Labute approximate surface area is 238 Å². The summed E-state index contributed by atoms with van der Waals surface area (Å²) in [6.45, 7) is 6.21. The standard InChI is InChI=1S/C29H34ClN3O5S/c1-6-37-27(34)29(2,3)39-28(31)32-15-14-23-22-10-8-16-33(22)21-13-12-18(30)17-20(21)25(38-23)19-9-7-11-24(35-4)26(19)36-5/h7-13,16-17,23,25H,6,14-15H2,1-5H3,(H2,31,32)/p+1/t23-,25-/m1/s1. The zero-order valence-electron chi connectivity index (χ0n) is 22.8. The Morgan fingerprint density at radius 2 is 1.95 bits per heavy atom. The number of nitrogens with zero attached hydrogens (tertiary/aromatic N) is 1. The number of thioether (sulfide) groups is 1. The highest BCUT2D eigenvalue weighted by Gasteiger charge is 2.35. The van der Waals surface area contributed by atoms with E-state index in [4.69, 9.17) is 36.3 Å². The minimum Gasteiger partial charge on any atom is -0.493 e. The quantitative estimate of drug-likeness (QED) is 0.226. The molecule has 39 heavy (non-hydrogen) atoms. The van der Waals surface area contributed by atoms with Crippen LogP contribution in [0, 0.1) is 0 Å². The number of amidine groups is 1. The molecule has 3 N–H and O–H groups in total. The van der Waals surface area contributed by atoms with Gasteiger partial charge in [0.05, 0.1) is 38.8 Å². The first-order valence-electron chi connectivity index (χ1n) is 12.8. The molecule has 0 aliphatic carbocycles. The second-order valence-corrected chi connectivity index (χ2v) is 11.6. The zero-order chi connectivity index (χ0) is 28.2. The van der Waals surface area contributed by atoms with Gasteiger partial charge in [-0.3, -0.25) is 15.5 Å². The fourth-order valence-corrected chi connectivity index (χ4v) is 5.74. The minimum atomic E-state index is -0.810. The topological polar surface area (TPSA) is 98.9 Å². The third-order valence-corrected chi connectivity index (χ3v) is 7.77. The summed E-state index contributed by atoms with van der Waals surface area (Å²) < 4.78 is 24.7. The maximum Gasteiger partial charge on any atom is 0.322 e. The highest BCUT2D eigenvalue weighted by atomic mass is 35.5. The van der Waals surface area contributed by atoms with Crippen LogP contribution in [0.1, 0.15) is 56.2 Å². The lowest BCUT2D eigenvalue weighted by molar-refractivity contribution is -0.458. The van der Waals surface area contributed by atoms with Crippen molar-refractivity contribution in [3.63, 3.8) is 0 Å². The molecule has 0 saturated heterocycles. The number of benzene rings is 2. The Bertz CT molecular complexity index is 1360. The number of rotatable bonds is 9. The van der Waals surface area contributed by atoms with Crippen molar-refractivity contribution in [3.8, 4) is 17.2 Å². The van der Waals surface area contributed by atoms with Gasteiger partial charge >= 0.3 is 11.1 Å². The molecule has 0 amide bonds. The van der Waals surface area contributed by atoms with Crippen molar-refractivity contribution < 1.29 is 28.7 Å². The fourth-order valence-electron chi connectivity index (χ4n) is 4.70. The number of esters is 1. The lowest BCUT2D eigenvalue weighted by Gasteiger charge is -2.25. The average Bonchev–Trinajstić information content (AvgIpc) is 3.35. The van der Waals surface area contributed by atoms with Crippen molar-refractivity contribution in [2.45, 2.75) is 44.1 Å². The zero-order valence-corrected chi connectivity index (χ0v) is 24.4. The van der Waals surface area contributed by atoms with E-state index < -0.39 is 10.9 Å². The maximum atomic E-state index is 12.3. The van der Waals surface area contributed by atoms with Crippen LogP contribution in [0.25, 0.3) is 5.69 Å². The normalized spacial score (nSPS) is 17.1. The monoisotopic (exact) mass is 572 g/mol. The van der Waals surface area contributed by atoms with Crippen molar-refractivity contribution in [2.24, 2.45) is 5.73 Å². The van der Waals surface area contributed by atoms with Gasteiger partial charge < -0.3 is 23.5 Å². The first-order chi connectivity index (χ1) is 18.7. The van der Waals surface area contributed by atoms with E-state index in [1.165, 1.54) is 11.8 Å². The van der Waals surface area contributed by atoms with Gasteiger partial charge in [-0.15, -0.1) is 0 Å². The van der Waals surface area contributed by atoms with E-state index in [1.807, 2.05) is 48.7 Å². The summed E-state index contributed by atoms with van der Waals surface area (Å²) in [6, 6.07) is 15.6. The molecule has 3 aromatic rings. The number of fused-ring (bicyclic) bond motifs is 3. The summed E-state index contributed by atoms with van der Waals surface area (Å²) in [4.78, 5) is 15.5. The summed E-state index contributed by atoms with van der Waals surface area (Å²) in [5, 5.41) is 1.06. The molecule has 8 nitrogen and oxygen atoms in total. The molecule has 2 heterocycles. The molecule has 4 rings (SSSR count). The molecule has 0 spiro atoms. The second-order valence-electron chi connectivity index (χ2n) is 9.51. The molecule has 2 atom stereocenters. The lowest BCUT2D eigenvalue weighted by Crippen LogP contribution is -2.75. The van der Waals surface area contributed by atoms with Crippen LogP contribution in [0.3, 0.4) is 0 Å². The molecule has 1 aromatic heterocycles. The maximum absolute atomic E-state index is 12.3. The second kappa shape index (κ2) is 12.4. The highest BCUT2D eigenvalue weighted by molar-refractivity contribution is 8.15. The number of methoxy groups -OCH3 is 2. The smallest absolute Gasteiger partial charge is 0.322 e. The number of halogens is 1. The van der Waals surface area contributed by atoms with Crippen molar-refractivity contribution in [2.75, 3.05) is 27.4 Å². The van der Waals surface area contributed by atoms with Crippen molar-refractivity contribution >= 4 is 34.5 Å². The van der Waals surface area contributed by atoms with E-state index >= 15 is 0 Å². The largest absolute Gasteiger partial charge is 0.493 e. The molecule has 0 bridgehead atoms. The van der Waals surface area contributed by atoms with Crippen LogP contribution in [0.5, 0.6) is 11.5 Å². The van der Waals surface area contributed by atoms with Crippen LogP contribution in [-0.4, -0.2) is 47.8 Å². The van der Waals surface area contributed by atoms with E-state index in [2.05, 4.69) is 15.6 Å². The van der Waals surface area contributed by atoms with E-state index in [0.29, 0.717) is 41.3 Å². The fraction of sp³-hybridized carbons (Fsp3) is 0.379. The summed E-state index contributed by atoms with van der Waals surface area (Å²) >= 11 is 7.73. The highest BCUT2D eigenvalue weighted by Crippen LogP contribution is 2.46. The number of ether oxygens (including phenoxy) is 4. The van der Waals surface area contributed by atoms with Gasteiger partial charge in [0.25, 0.3) is 0 Å². The molecule has 208 valence electrons. The van der Waals surface area contributed by atoms with Gasteiger partial charge in [0.2, 0.25) is 0 Å². The molecule has 2 aromatic carbocycles. The van der Waals surface area contributed by atoms with Crippen LogP contribution < -0.4 is 20.2 Å². The Kier molecular flexibility index (Phi) is 9.15. The molecule has 0 fully saturated rings. The van der Waals surface area contributed by atoms with Crippen molar-refractivity contribution in [1.29, 1.82) is 0 Å². The SMILES string of the molecule is CCOC(=O)C(C)(C)SC(N)=[NH+]CC[C@H]1O[C@H](c2cccc(OC)c2OC)c2cc(Cl)ccc2-n2cccc21. The molecule has 0 radical (unpaired) electrons. The molecule has 0 unspecified atom stereocenters. The number of aromatic nitrogens is 1. The minimum absolute atomic E-state index is 0.296.